The molecule has 2 aromatic rings. The Morgan fingerprint density at radius 1 is 1.09 bits per heavy atom. The van der Waals surface area contributed by atoms with Gasteiger partial charge >= 0.3 is 0 Å². The monoisotopic (exact) mass is 457 g/mol. The van der Waals surface area contributed by atoms with E-state index >= 15 is 0 Å². The molecule has 1 aliphatic carbocycles. The highest BCUT2D eigenvalue weighted by Crippen LogP contribution is 2.42. The van der Waals surface area contributed by atoms with E-state index < -0.39 is 10.0 Å². The molecule has 0 spiro atoms. The van der Waals surface area contributed by atoms with Crippen LogP contribution in [0.15, 0.2) is 48.5 Å². The average Bonchev–Trinajstić information content (AvgIpc) is 3.29. The van der Waals surface area contributed by atoms with Crippen LogP contribution in [0.2, 0.25) is 0 Å². The second-order valence-corrected chi connectivity index (χ2v) is 11.3. The second-order valence-electron chi connectivity index (χ2n) is 9.27. The summed E-state index contributed by atoms with van der Waals surface area (Å²) in [6.07, 6.45) is 9.76. The van der Waals surface area contributed by atoms with Crippen LogP contribution < -0.4 is 14.9 Å². The van der Waals surface area contributed by atoms with Gasteiger partial charge in [0.05, 0.1) is 23.6 Å². The third-order valence-corrected chi connectivity index (χ3v) is 8.29. The molecule has 1 aliphatic heterocycles. The first-order valence-electron chi connectivity index (χ1n) is 11.6. The van der Waals surface area contributed by atoms with Gasteiger partial charge < -0.3 is 4.74 Å². The van der Waals surface area contributed by atoms with Gasteiger partial charge in [0.15, 0.2) is 0 Å². The number of rotatable bonds is 7. The van der Waals surface area contributed by atoms with Crippen molar-refractivity contribution in [1.29, 1.82) is 0 Å². The Bertz CT molecular complexity index is 1020. The minimum absolute atomic E-state index is 0.222. The van der Waals surface area contributed by atoms with E-state index in [1.165, 1.54) is 29.0 Å². The second kappa shape index (κ2) is 9.41. The summed E-state index contributed by atoms with van der Waals surface area (Å²) in [5.74, 6) is 7.51. The van der Waals surface area contributed by atoms with Crippen molar-refractivity contribution in [3.05, 3.63) is 59.7 Å². The van der Waals surface area contributed by atoms with Crippen molar-refractivity contribution < 1.29 is 13.2 Å². The predicted octanol–water partition coefficient (Wildman–Crippen LogP) is 4.20. The van der Waals surface area contributed by atoms with Crippen LogP contribution in [-0.2, 0) is 22.0 Å². The van der Waals surface area contributed by atoms with Crippen LogP contribution in [-0.4, -0.2) is 39.4 Å². The first-order valence-corrected chi connectivity index (χ1v) is 13.5. The van der Waals surface area contributed by atoms with Gasteiger partial charge in [-0.05, 0) is 80.7 Å². The summed E-state index contributed by atoms with van der Waals surface area (Å²) < 4.78 is 32.2. The predicted molar refractivity (Wildman–Crippen MR) is 129 cm³/mol. The molecule has 0 amide bonds. The van der Waals surface area contributed by atoms with E-state index in [0.717, 1.165) is 50.0 Å². The molecule has 2 aromatic carbocycles. The summed E-state index contributed by atoms with van der Waals surface area (Å²) in [4.78, 5) is 0. The van der Waals surface area contributed by atoms with E-state index in [4.69, 9.17) is 10.6 Å². The maximum Gasteiger partial charge on any atom is 0.231 e. The third kappa shape index (κ3) is 4.80. The van der Waals surface area contributed by atoms with Gasteiger partial charge in [0, 0.05) is 13.6 Å². The van der Waals surface area contributed by atoms with Crippen LogP contribution in [0.25, 0.3) is 0 Å². The van der Waals surface area contributed by atoms with Crippen LogP contribution in [0, 0.1) is 0 Å². The average molecular weight is 458 g/mol. The Kier molecular flexibility index (Phi) is 6.79. The maximum absolute atomic E-state index is 12.2. The fraction of sp³-hybridized carbons (Fsp3) is 0.520. The van der Waals surface area contributed by atoms with Gasteiger partial charge in [0.25, 0.3) is 0 Å². The number of nitrogens with zero attached hydrogens (tertiary/aromatic N) is 2. The van der Waals surface area contributed by atoms with Crippen LogP contribution in [0.3, 0.4) is 0 Å². The number of sulfonamides is 1. The third-order valence-electron chi connectivity index (χ3n) is 7.08. The SMILES string of the molecule is CN(c1ccc(OC2CCCC2)c(CC2(c3ccccc3)CCCCN2N)c1)S(C)(=O)=O. The molecule has 0 bridgehead atoms. The number of hydrazine groups is 1. The van der Waals surface area contributed by atoms with Crippen LogP contribution >= 0.6 is 0 Å². The normalized spacial score (nSPS) is 22.7. The first-order chi connectivity index (χ1) is 15.3. The minimum atomic E-state index is -3.36. The maximum atomic E-state index is 12.2. The fourth-order valence-electron chi connectivity index (χ4n) is 5.11. The molecule has 1 atom stereocenters. The molecule has 0 radical (unpaired) electrons. The standard InChI is InChI=1S/C25H35N3O3S/c1-27(32(2,29)30)22-14-15-24(31-23-12-6-7-13-23)20(18-22)19-25(16-8-9-17-28(25)26)21-10-4-3-5-11-21/h3-5,10-11,14-15,18,23H,6-9,12-13,16-17,19,26H2,1-2H3. The van der Waals surface area contributed by atoms with Gasteiger partial charge in [0.1, 0.15) is 5.75 Å². The smallest absolute Gasteiger partial charge is 0.231 e. The summed E-state index contributed by atoms with van der Waals surface area (Å²) in [6, 6.07) is 16.2. The summed E-state index contributed by atoms with van der Waals surface area (Å²) >= 11 is 0. The number of hydrogen-bond acceptors (Lipinski definition) is 5. The van der Waals surface area contributed by atoms with Gasteiger partial charge in [-0.1, -0.05) is 30.3 Å². The lowest BCUT2D eigenvalue weighted by molar-refractivity contribution is 0.0416. The van der Waals surface area contributed by atoms with Crippen molar-refractivity contribution in [3.8, 4) is 5.75 Å². The van der Waals surface area contributed by atoms with Gasteiger partial charge in [-0.2, -0.15) is 0 Å². The molecule has 2 aliphatic rings. The zero-order chi connectivity index (χ0) is 22.8. The van der Waals surface area contributed by atoms with E-state index in [1.54, 1.807) is 7.05 Å². The minimum Gasteiger partial charge on any atom is -0.490 e. The lowest BCUT2D eigenvalue weighted by Gasteiger charge is -2.45. The molecular weight excluding hydrogens is 422 g/mol. The Morgan fingerprint density at radius 2 is 1.81 bits per heavy atom. The van der Waals surface area contributed by atoms with Crippen molar-refractivity contribution in [3.63, 3.8) is 0 Å². The van der Waals surface area contributed by atoms with E-state index in [1.807, 2.05) is 29.3 Å². The quantitative estimate of drug-likeness (QED) is 0.631. The zero-order valence-corrected chi connectivity index (χ0v) is 20.0. The molecule has 1 unspecified atom stereocenters. The molecule has 1 saturated carbocycles. The Labute approximate surface area is 192 Å². The Morgan fingerprint density at radius 3 is 2.47 bits per heavy atom. The molecule has 174 valence electrons. The summed E-state index contributed by atoms with van der Waals surface area (Å²) in [5.41, 5.74) is 2.49. The molecule has 6 nitrogen and oxygen atoms in total. The lowest BCUT2D eigenvalue weighted by atomic mass is 9.77. The van der Waals surface area contributed by atoms with Crippen molar-refractivity contribution in [1.82, 2.24) is 5.01 Å². The molecule has 1 heterocycles. The molecular formula is C25H35N3O3S. The molecule has 2 fully saturated rings. The molecule has 0 aromatic heterocycles. The Balaban J connectivity index is 1.77. The van der Waals surface area contributed by atoms with Crippen molar-refractivity contribution in [2.24, 2.45) is 5.84 Å². The number of ether oxygens (including phenoxy) is 1. The topological polar surface area (TPSA) is 75.9 Å². The van der Waals surface area contributed by atoms with E-state index in [0.29, 0.717) is 12.1 Å². The summed E-state index contributed by atoms with van der Waals surface area (Å²) in [5, 5.41) is 1.98. The lowest BCUT2D eigenvalue weighted by Crippen LogP contribution is -2.54. The largest absolute Gasteiger partial charge is 0.490 e. The first kappa shape index (κ1) is 23.1. The number of piperidine rings is 1. The van der Waals surface area contributed by atoms with Crippen molar-refractivity contribution in [2.75, 3.05) is 24.2 Å². The van der Waals surface area contributed by atoms with Gasteiger partial charge in [0.2, 0.25) is 10.0 Å². The van der Waals surface area contributed by atoms with E-state index in [-0.39, 0.29) is 11.6 Å². The number of benzene rings is 2. The van der Waals surface area contributed by atoms with Crippen LogP contribution in [0.4, 0.5) is 5.69 Å². The summed E-state index contributed by atoms with van der Waals surface area (Å²) in [6.45, 7) is 0.830. The summed E-state index contributed by atoms with van der Waals surface area (Å²) in [7, 11) is -1.77. The molecule has 32 heavy (non-hydrogen) atoms. The highest BCUT2D eigenvalue weighted by atomic mass is 32.2. The number of nitrogens with two attached hydrogens (primary N) is 1. The van der Waals surface area contributed by atoms with Crippen molar-refractivity contribution >= 4 is 15.7 Å². The van der Waals surface area contributed by atoms with Crippen LogP contribution in [0.1, 0.15) is 56.1 Å². The molecule has 7 heteroatoms. The van der Waals surface area contributed by atoms with E-state index in [9.17, 15) is 8.42 Å². The molecule has 4 rings (SSSR count). The fourth-order valence-corrected chi connectivity index (χ4v) is 5.61. The zero-order valence-electron chi connectivity index (χ0n) is 19.2. The van der Waals surface area contributed by atoms with Gasteiger partial charge in [-0.3, -0.25) is 10.1 Å². The number of hydrogen-bond donors (Lipinski definition) is 1. The van der Waals surface area contributed by atoms with Gasteiger partial charge in [-0.15, -0.1) is 0 Å². The molecule has 1 saturated heterocycles. The van der Waals surface area contributed by atoms with Crippen molar-refractivity contribution in [2.45, 2.75) is 63.0 Å². The molecule has 2 N–H and O–H groups in total. The highest BCUT2D eigenvalue weighted by molar-refractivity contribution is 7.92. The Hall–Kier alpha value is -2.09. The highest BCUT2D eigenvalue weighted by Gasteiger charge is 2.40. The van der Waals surface area contributed by atoms with E-state index in [2.05, 4.69) is 24.3 Å². The van der Waals surface area contributed by atoms with Crippen LogP contribution in [0.5, 0.6) is 5.75 Å². The van der Waals surface area contributed by atoms with Gasteiger partial charge in [-0.25, -0.2) is 13.4 Å². The number of anilines is 1.